The average Bonchev–Trinajstić information content (AvgIpc) is 3.34. The van der Waals surface area contributed by atoms with Crippen LogP contribution in [0.5, 0.6) is 23.0 Å². The standard InChI is InChI=1S/C22H16Br2O5/c23-16-8-20-18(26-10-28-20)6-14(16)4-12-2-1-3-13(22(12)25)5-15-7-19-21(9-17(15)24)29-11-27-19/h4-9H,1-3,10-11H2. The summed E-state index contributed by atoms with van der Waals surface area (Å²) in [6.07, 6.45) is 6.30. The Balaban J connectivity index is 1.47. The highest BCUT2D eigenvalue weighted by molar-refractivity contribution is 9.10. The molecule has 0 atom stereocenters. The lowest BCUT2D eigenvalue weighted by molar-refractivity contribution is -0.112. The molecule has 0 unspecified atom stereocenters. The van der Waals surface area contributed by atoms with Gasteiger partial charge in [0.05, 0.1) is 0 Å². The molecule has 1 saturated carbocycles. The summed E-state index contributed by atoms with van der Waals surface area (Å²) in [6.45, 7) is 0.441. The number of ketones is 1. The second kappa shape index (κ2) is 7.54. The fourth-order valence-electron chi connectivity index (χ4n) is 3.64. The highest BCUT2D eigenvalue weighted by atomic mass is 79.9. The first-order valence-corrected chi connectivity index (χ1v) is 10.8. The molecule has 2 aliphatic heterocycles. The minimum absolute atomic E-state index is 0.0744. The molecule has 5 rings (SSSR count). The third-order valence-corrected chi connectivity index (χ3v) is 6.49. The van der Waals surface area contributed by atoms with E-state index < -0.39 is 0 Å². The van der Waals surface area contributed by atoms with Crippen LogP contribution in [0, 0.1) is 0 Å². The van der Waals surface area contributed by atoms with E-state index in [1.165, 1.54) is 0 Å². The Morgan fingerprint density at radius 2 is 1.10 bits per heavy atom. The molecule has 7 heteroatoms. The van der Waals surface area contributed by atoms with Crippen molar-refractivity contribution < 1.29 is 23.7 Å². The van der Waals surface area contributed by atoms with Crippen LogP contribution in [0.4, 0.5) is 0 Å². The van der Waals surface area contributed by atoms with Gasteiger partial charge in [-0.1, -0.05) is 31.9 Å². The van der Waals surface area contributed by atoms with E-state index in [-0.39, 0.29) is 19.4 Å². The number of carbonyl (C=O) groups is 1. The zero-order valence-electron chi connectivity index (χ0n) is 15.3. The monoisotopic (exact) mass is 518 g/mol. The summed E-state index contributed by atoms with van der Waals surface area (Å²) in [5.74, 6) is 2.89. The van der Waals surface area contributed by atoms with Crippen LogP contribution >= 0.6 is 31.9 Å². The zero-order valence-corrected chi connectivity index (χ0v) is 18.5. The third-order valence-electron chi connectivity index (χ3n) is 5.12. The van der Waals surface area contributed by atoms with Crippen molar-refractivity contribution in [3.8, 4) is 23.0 Å². The number of halogens is 2. The number of hydrogen-bond acceptors (Lipinski definition) is 5. The van der Waals surface area contributed by atoms with Gasteiger partial charge in [-0.2, -0.15) is 0 Å². The number of ether oxygens (including phenoxy) is 4. The van der Waals surface area contributed by atoms with Crippen LogP contribution in [0.2, 0.25) is 0 Å². The molecule has 1 aliphatic carbocycles. The summed E-state index contributed by atoms with van der Waals surface area (Å²) in [7, 11) is 0. The van der Waals surface area contributed by atoms with Crippen molar-refractivity contribution in [1.82, 2.24) is 0 Å². The molecule has 2 aromatic rings. The molecular weight excluding hydrogens is 504 g/mol. The molecule has 1 fully saturated rings. The van der Waals surface area contributed by atoms with E-state index in [0.717, 1.165) is 50.5 Å². The number of allylic oxidation sites excluding steroid dienone is 2. The minimum atomic E-state index is 0.0744. The summed E-state index contributed by atoms with van der Waals surface area (Å²) in [5, 5.41) is 0. The summed E-state index contributed by atoms with van der Waals surface area (Å²) >= 11 is 7.13. The predicted octanol–water partition coefficient (Wildman–Crippen LogP) is 5.89. The lowest BCUT2D eigenvalue weighted by Gasteiger charge is -2.17. The van der Waals surface area contributed by atoms with Crippen LogP contribution in [0.25, 0.3) is 12.2 Å². The Hall–Kier alpha value is -2.25. The van der Waals surface area contributed by atoms with Crippen molar-refractivity contribution >= 4 is 49.8 Å². The SMILES string of the molecule is O=C1C(=Cc2cc3c(cc2Br)OCO3)CCCC1=Cc1cc2c(cc1Br)OCO2. The van der Waals surface area contributed by atoms with Gasteiger partial charge < -0.3 is 18.9 Å². The first kappa shape index (κ1) is 18.8. The van der Waals surface area contributed by atoms with E-state index in [1.807, 2.05) is 36.4 Å². The van der Waals surface area contributed by atoms with Gasteiger partial charge in [0.15, 0.2) is 28.8 Å². The van der Waals surface area contributed by atoms with E-state index in [2.05, 4.69) is 31.9 Å². The summed E-state index contributed by atoms with van der Waals surface area (Å²) in [4.78, 5) is 13.1. The van der Waals surface area contributed by atoms with E-state index >= 15 is 0 Å². The molecule has 0 N–H and O–H groups in total. The fourth-order valence-corrected chi connectivity index (χ4v) is 4.51. The normalized spacial score (nSPS) is 20.0. The van der Waals surface area contributed by atoms with Gasteiger partial charge in [-0.25, -0.2) is 0 Å². The smallest absolute Gasteiger partial charge is 0.231 e. The van der Waals surface area contributed by atoms with Crippen molar-refractivity contribution in [1.29, 1.82) is 0 Å². The van der Waals surface area contributed by atoms with Gasteiger partial charge in [-0.05, 0) is 66.8 Å². The molecule has 2 aromatic carbocycles. The van der Waals surface area contributed by atoms with Gasteiger partial charge in [-0.15, -0.1) is 0 Å². The quantitative estimate of drug-likeness (QED) is 0.463. The van der Waals surface area contributed by atoms with Crippen LogP contribution < -0.4 is 18.9 Å². The maximum Gasteiger partial charge on any atom is 0.231 e. The topological polar surface area (TPSA) is 54.0 Å². The summed E-state index contributed by atoms with van der Waals surface area (Å²) < 4.78 is 23.5. The van der Waals surface area contributed by atoms with E-state index in [0.29, 0.717) is 23.0 Å². The van der Waals surface area contributed by atoms with Crippen molar-refractivity contribution in [3.63, 3.8) is 0 Å². The van der Waals surface area contributed by atoms with Crippen molar-refractivity contribution in [3.05, 3.63) is 55.5 Å². The molecule has 29 heavy (non-hydrogen) atoms. The molecule has 0 amide bonds. The van der Waals surface area contributed by atoms with E-state index in [4.69, 9.17) is 18.9 Å². The highest BCUT2D eigenvalue weighted by Gasteiger charge is 2.23. The second-order valence-corrected chi connectivity index (χ2v) is 8.68. The van der Waals surface area contributed by atoms with Crippen molar-refractivity contribution in [2.24, 2.45) is 0 Å². The molecule has 3 aliphatic rings. The molecule has 0 saturated heterocycles. The lowest BCUT2D eigenvalue weighted by atomic mass is 9.87. The van der Waals surface area contributed by atoms with Gasteiger partial charge in [0.1, 0.15) is 0 Å². The van der Waals surface area contributed by atoms with Crippen LogP contribution in [-0.4, -0.2) is 19.4 Å². The molecule has 0 radical (unpaired) electrons. The Bertz CT molecular complexity index is 1000. The molecule has 0 spiro atoms. The number of rotatable bonds is 2. The van der Waals surface area contributed by atoms with E-state index in [9.17, 15) is 4.79 Å². The van der Waals surface area contributed by atoms with Crippen molar-refractivity contribution in [2.45, 2.75) is 19.3 Å². The molecule has 0 aromatic heterocycles. The van der Waals surface area contributed by atoms with Gasteiger partial charge in [0.2, 0.25) is 13.6 Å². The average molecular weight is 520 g/mol. The Labute approximate surface area is 184 Å². The molecule has 2 heterocycles. The van der Waals surface area contributed by atoms with Gasteiger partial charge in [0, 0.05) is 20.1 Å². The number of fused-ring (bicyclic) bond motifs is 2. The number of Topliss-reactive ketones (excluding diaryl/α,β-unsaturated/α-hetero) is 1. The van der Waals surface area contributed by atoms with Gasteiger partial charge in [0.25, 0.3) is 0 Å². The predicted molar refractivity (Wildman–Crippen MR) is 115 cm³/mol. The maximum absolute atomic E-state index is 13.1. The number of benzene rings is 2. The molecule has 148 valence electrons. The second-order valence-electron chi connectivity index (χ2n) is 6.98. The Morgan fingerprint density at radius 1 is 0.690 bits per heavy atom. The van der Waals surface area contributed by atoms with Crippen LogP contribution in [0.15, 0.2) is 44.4 Å². The van der Waals surface area contributed by atoms with Crippen molar-refractivity contribution in [2.75, 3.05) is 13.6 Å². The number of hydrogen-bond donors (Lipinski definition) is 0. The zero-order chi connectivity index (χ0) is 20.0. The minimum Gasteiger partial charge on any atom is -0.454 e. The van der Waals surface area contributed by atoms with E-state index in [1.54, 1.807) is 0 Å². The first-order valence-electron chi connectivity index (χ1n) is 9.22. The van der Waals surface area contributed by atoms with Crippen LogP contribution in [-0.2, 0) is 4.79 Å². The summed E-state index contributed by atoms with van der Waals surface area (Å²) in [6, 6.07) is 7.56. The molecule has 0 bridgehead atoms. The first-order chi connectivity index (χ1) is 14.1. The van der Waals surface area contributed by atoms with Crippen LogP contribution in [0.3, 0.4) is 0 Å². The fraction of sp³-hybridized carbons (Fsp3) is 0.227. The molecule has 5 nitrogen and oxygen atoms in total. The number of carbonyl (C=O) groups excluding carboxylic acids is 1. The Kier molecular flexibility index (Phi) is 4.87. The highest BCUT2D eigenvalue weighted by Crippen LogP contribution is 2.40. The summed E-state index contributed by atoms with van der Waals surface area (Å²) in [5.41, 5.74) is 3.39. The largest absolute Gasteiger partial charge is 0.454 e. The molecular formula is C22H16Br2O5. The van der Waals surface area contributed by atoms with Gasteiger partial charge >= 0.3 is 0 Å². The maximum atomic E-state index is 13.1. The van der Waals surface area contributed by atoms with Crippen LogP contribution in [0.1, 0.15) is 30.4 Å². The lowest BCUT2D eigenvalue weighted by Crippen LogP contribution is -2.12. The van der Waals surface area contributed by atoms with Gasteiger partial charge in [-0.3, -0.25) is 4.79 Å². The third kappa shape index (κ3) is 3.57. The Morgan fingerprint density at radius 3 is 1.55 bits per heavy atom.